The van der Waals surface area contributed by atoms with Gasteiger partial charge in [0.15, 0.2) is 5.76 Å². The quantitative estimate of drug-likeness (QED) is 0.619. The van der Waals surface area contributed by atoms with Crippen LogP contribution in [-0.2, 0) is 6.42 Å². The van der Waals surface area contributed by atoms with Crippen molar-refractivity contribution in [1.29, 1.82) is 0 Å². The van der Waals surface area contributed by atoms with Crippen LogP contribution in [0.5, 0.6) is 0 Å². The third-order valence-electron chi connectivity index (χ3n) is 5.38. The average molecular weight is 409 g/mol. The van der Waals surface area contributed by atoms with Gasteiger partial charge in [-0.1, -0.05) is 30.3 Å². The molecule has 1 fully saturated rings. The minimum atomic E-state index is -0.310. The molecule has 3 heterocycles. The lowest BCUT2D eigenvalue weighted by Crippen LogP contribution is -2.38. The molecule has 3 aromatic rings. The van der Waals surface area contributed by atoms with E-state index in [1.54, 1.807) is 24.3 Å². The maximum Gasteiger partial charge on any atom is 0.291 e. The second-order valence-electron chi connectivity index (χ2n) is 7.36. The first kappa shape index (κ1) is 19.5. The van der Waals surface area contributed by atoms with E-state index in [0.29, 0.717) is 15.8 Å². The van der Waals surface area contributed by atoms with Gasteiger partial charge in [0.25, 0.3) is 11.8 Å². The van der Waals surface area contributed by atoms with Crippen LogP contribution in [0.2, 0.25) is 0 Å². The van der Waals surface area contributed by atoms with Gasteiger partial charge >= 0.3 is 0 Å². The van der Waals surface area contributed by atoms with Crippen LogP contribution in [0.25, 0.3) is 0 Å². The number of rotatable bonds is 6. The van der Waals surface area contributed by atoms with Gasteiger partial charge in [0.2, 0.25) is 0 Å². The van der Waals surface area contributed by atoms with Gasteiger partial charge in [0, 0.05) is 13.1 Å². The van der Waals surface area contributed by atoms with Crippen LogP contribution in [0.3, 0.4) is 0 Å². The van der Waals surface area contributed by atoms with Gasteiger partial charge in [-0.05, 0) is 61.4 Å². The smallest absolute Gasteiger partial charge is 0.291 e. The van der Waals surface area contributed by atoms with Crippen molar-refractivity contribution in [3.8, 4) is 0 Å². The molecule has 0 bridgehead atoms. The summed E-state index contributed by atoms with van der Waals surface area (Å²) in [6.07, 6.45) is 5.83. The Morgan fingerprint density at radius 1 is 1.03 bits per heavy atom. The van der Waals surface area contributed by atoms with Gasteiger partial charge in [-0.25, -0.2) is 0 Å². The highest BCUT2D eigenvalue weighted by atomic mass is 32.1. The molecule has 2 aromatic heterocycles. The molecule has 0 radical (unpaired) electrons. The Morgan fingerprint density at radius 2 is 1.83 bits per heavy atom. The molecule has 6 heteroatoms. The third-order valence-corrected chi connectivity index (χ3v) is 6.37. The monoisotopic (exact) mass is 408 g/mol. The molecule has 0 aliphatic carbocycles. The number of thiophene rings is 1. The summed E-state index contributed by atoms with van der Waals surface area (Å²) in [6, 6.07) is 17.4. The Morgan fingerprint density at radius 3 is 2.55 bits per heavy atom. The fourth-order valence-corrected chi connectivity index (χ4v) is 4.57. The zero-order chi connectivity index (χ0) is 20.1. The van der Waals surface area contributed by atoms with Crippen LogP contribution in [0.15, 0.2) is 65.3 Å². The summed E-state index contributed by atoms with van der Waals surface area (Å²) in [5.74, 6) is 0.666. The number of aryl methyl sites for hydroxylation is 1. The van der Waals surface area contributed by atoms with E-state index >= 15 is 0 Å². The Balaban J connectivity index is 1.26. The molecular formula is C23H24N2O3S. The van der Waals surface area contributed by atoms with E-state index in [4.69, 9.17) is 4.42 Å². The third kappa shape index (κ3) is 4.95. The first-order valence-corrected chi connectivity index (χ1v) is 10.8. The zero-order valence-electron chi connectivity index (χ0n) is 16.2. The lowest BCUT2D eigenvalue weighted by Gasteiger charge is -2.31. The molecule has 2 amide bonds. The Labute approximate surface area is 174 Å². The molecule has 29 heavy (non-hydrogen) atoms. The lowest BCUT2D eigenvalue weighted by molar-refractivity contribution is 0.0691. The number of hydrogen-bond acceptors (Lipinski definition) is 4. The van der Waals surface area contributed by atoms with Crippen molar-refractivity contribution >= 4 is 28.2 Å². The number of amides is 2. The zero-order valence-corrected chi connectivity index (χ0v) is 17.0. The maximum atomic E-state index is 12.8. The number of anilines is 1. The normalized spacial score (nSPS) is 14.7. The minimum absolute atomic E-state index is 0.0509. The largest absolute Gasteiger partial charge is 0.459 e. The fraction of sp³-hybridized carbons (Fsp3) is 0.304. The van der Waals surface area contributed by atoms with Gasteiger partial charge in [-0.2, -0.15) is 0 Å². The Hall–Kier alpha value is -2.86. The summed E-state index contributed by atoms with van der Waals surface area (Å²) in [5.41, 5.74) is 1.38. The number of piperidine rings is 1. The summed E-state index contributed by atoms with van der Waals surface area (Å²) in [6.45, 7) is 1.59. The molecule has 1 aromatic carbocycles. The number of carbonyl (C=O) groups excluding carboxylic acids is 2. The number of carbonyl (C=O) groups is 2. The van der Waals surface area contributed by atoms with E-state index in [0.717, 1.165) is 32.4 Å². The van der Waals surface area contributed by atoms with Crippen molar-refractivity contribution in [1.82, 2.24) is 4.90 Å². The van der Waals surface area contributed by atoms with Crippen LogP contribution in [0.1, 0.15) is 45.1 Å². The van der Waals surface area contributed by atoms with E-state index in [1.165, 1.54) is 29.6 Å². The first-order chi connectivity index (χ1) is 14.2. The molecule has 1 saturated heterocycles. The van der Waals surface area contributed by atoms with Crippen molar-refractivity contribution in [2.45, 2.75) is 25.7 Å². The molecule has 4 rings (SSSR count). The van der Waals surface area contributed by atoms with Crippen LogP contribution in [0.4, 0.5) is 5.00 Å². The average Bonchev–Trinajstić information content (AvgIpc) is 3.45. The van der Waals surface area contributed by atoms with Gasteiger partial charge in [0.05, 0.1) is 16.1 Å². The molecule has 0 saturated carbocycles. The summed E-state index contributed by atoms with van der Waals surface area (Å²) in [4.78, 5) is 27.5. The fourth-order valence-electron chi connectivity index (χ4n) is 3.70. The van der Waals surface area contributed by atoms with Crippen LogP contribution >= 0.6 is 11.3 Å². The van der Waals surface area contributed by atoms with E-state index in [9.17, 15) is 9.59 Å². The molecule has 5 nitrogen and oxygen atoms in total. The Kier molecular flexibility index (Phi) is 6.10. The predicted molar refractivity (Wildman–Crippen MR) is 114 cm³/mol. The van der Waals surface area contributed by atoms with Gasteiger partial charge < -0.3 is 14.6 Å². The molecular weight excluding hydrogens is 384 g/mol. The highest BCUT2D eigenvalue weighted by Gasteiger charge is 2.24. The number of benzene rings is 1. The summed E-state index contributed by atoms with van der Waals surface area (Å²) in [5, 5.41) is 3.42. The first-order valence-electron chi connectivity index (χ1n) is 9.97. The molecule has 1 aliphatic heterocycles. The summed E-state index contributed by atoms with van der Waals surface area (Å²) in [7, 11) is 0. The second kappa shape index (κ2) is 9.09. The van der Waals surface area contributed by atoms with Crippen molar-refractivity contribution in [3.63, 3.8) is 0 Å². The van der Waals surface area contributed by atoms with Crippen LogP contribution in [0, 0.1) is 5.92 Å². The molecule has 1 N–H and O–H groups in total. The number of furan rings is 1. The highest BCUT2D eigenvalue weighted by Crippen LogP contribution is 2.27. The number of nitrogens with zero attached hydrogens (tertiary/aromatic N) is 1. The van der Waals surface area contributed by atoms with Crippen LogP contribution < -0.4 is 5.32 Å². The highest BCUT2D eigenvalue weighted by molar-refractivity contribution is 7.18. The van der Waals surface area contributed by atoms with Gasteiger partial charge in [0.1, 0.15) is 0 Å². The lowest BCUT2D eigenvalue weighted by atomic mass is 9.90. The van der Waals surface area contributed by atoms with E-state index in [1.807, 2.05) is 11.0 Å². The van der Waals surface area contributed by atoms with Gasteiger partial charge in [-0.15, -0.1) is 11.3 Å². The maximum absolute atomic E-state index is 12.8. The summed E-state index contributed by atoms with van der Waals surface area (Å²) >= 11 is 1.30. The molecule has 0 spiro atoms. The van der Waals surface area contributed by atoms with Crippen molar-refractivity contribution in [2.24, 2.45) is 5.92 Å². The molecule has 0 atom stereocenters. The number of hydrogen-bond donors (Lipinski definition) is 1. The standard InChI is InChI=1S/C23H24N2O3S/c26-22(19-7-4-16-28-19)24-21-11-10-20(29-21)23(27)25-14-12-18(13-15-25)9-8-17-5-2-1-3-6-17/h1-7,10-11,16,18H,8-9,12-15H2,(H,24,26). The molecule has 1 aliphatic rings. The molecule has 0 unspecified atom stereocenters. The SMILES string of the molecule is O=C(Nc1ccc(C(=O)N2CCC(CCc3ccccc3)CC2)s1)c1ccco1. The number of likely N-dealkylation sites (tertiary alicyclic amines) is 1. The topological polar surface area (TPSA) is 62.6 Å². The minimum Gasteiger partial charge on any atom is -0.459 e. The summed E-state index contributed by atoms with van der Waals surface area (Å²) < 4.78 is 5.09. The van der Waals surface area contributed by atoms with Crippen LogP contribution in [-0.4, -0.2) is 29.8 Å². The van der Waals surface area contributed by atoms with Crippen molar-refractivity contribution in [2.75, 3.05) is 18.4 Å². The van der Waals surface area contributed by atoms with Crippen molar-refractivity contribution in [3.05, 3.63) is 77.1 Å². The predicted octanol–water partition coefficient (Wildman–Crippen LogP) is 5.08. The molecule has 150 valence electrons. The van der Waals surface area contributed by atoms with E-state index in [2.05, 4.69) is 29.6 Å². The van der Waals surface area contributed by atoms with Crippen molar-refractivity contribution < 1.29 is 14.0 Å². The van der Waals surface area contributed by atoms with Gasteiger partial charge in [-0.3, -0.25) is 9.59 Å². The number of nitrogens with one attached hydrogen (secondary N) is 1. The van der Waals surface area contributed by atoms with E-state index < -0.39 is 0 Å². The Bertz CT molecular complexity index is 942. The second-order valence-corrected chi connectivity index (χ2v) is 8.44. The van der Waals surface area contributed by atoms with E-state index in [-0.39, 0.29) is 17.6 Å².